The summed E-state index contributed by atoms with van der Waals surface area (Å²) in [4.78, 5) is 29.0. The van der Waals surface area contributed by atoms with Crippen LogP contribution < -0.4 is 0 Å². The third-order valence-electron chi connectivity index (χ3n) is 2.91. The second-order valence-electron chi connectivity index (χ2n) is 4.32. The molecule has 1 aromatic heterocycles. The summed E-state index contributed by atoms with van der Waals surface area (Å²) < 4.78 is 0. The Bertz CT molecular complexity index is 517. The molecule has 0 bridgehead atoms. The first-order chi connectivity index (χ1) is 8.90. The van der Waals surface area contributed by atoms with Crippen LogP contribution in [0.25, 0.3) is 0 Å². The zero-order valence-corrected chi connectivity index (χ0v) is 12.0. The van der Waals surface area contributed by atoms with Crippen molar-refractivity contribution in [1.29, 1.82) is 0 Å². The zero-order chi connectivity index (χ0) is 14.2. The number of hydrogen-bond donors (Lipinski definition) is 1. The Morgan fingerprint density at radius 2 is 2.21 bits per heavy atom. The number of carbonyl (C=O) groups is 2. The summed E-state index contributed by atoms with van der Waals surface area (Å²) in [6.45, 7) is 3.56. The number of rotatable bonds is 2. The number of thioether (sulfide) groups is 1. The third kappa shape index (κ3) is 2.84. The predicted molar refractivity (Wildman–Crippen MR) is 73.5 cm³/mol. The number of halogens is 1. The van der Waals surface area contributed by atoms with E-state index >= 15 is 0 Å². The maximum atomic E-state index is 12.4. The van der Waals surface area contributed by atoms with Gasteiger partial charge in [-0.2, -0.15) is 0 Å². The van der Waals surface area contributed by atoms with Gasteiger partial charge in [-0.15, -0.1) is 11.8 Å². The fraction of sp³-hybridized carbons (Fsp3) is 0.417. The second kappa shape index (κ2) is 5.38. The molecule has 2 atom stereocenters. The molecule has 0 aromatic carbocycles. The summed E-state index contributed by atoms with van der Waals surface area (Å²) in [5, 5.41) is 9.23. The highest BCUT2D eigenvalue weighted by Crippen LogP contribution is 2.30. The molecule has 7 heteroatoms. The van der Waals surface area contributed by atoms with Crippen molar-refractivity contribution in [2.24, 2.45) is 0 Å². The number of carboxylic acid groups (broad SMARTS) is 1. The Hall–Kier alpha value is -1.27. The number of pyridine rings is 1. The van der Waals surface area contributed by atoms with Crippen LogP contribution in [0.3, 0.4) is 0 Å². The smallest absolute Gasteiger partial charge is 0.327 e. The fourth-order valence-corrected chi connectivity index (χ4v) is 3.46. The Labute approximate surface area is 120 Å². The van der Waals surface area contributed by atoms with Crippen molar-refractivity contribution in [3.8, 4) is 0 Å². The maximum absolute atomic E-state index is 12.4. The van der Waals surface area contributed by atoms with Crippen molar-refractivity contribution in [3.63, 3.8) is 0 Å². The van der Waals surface area contributed by atoms with Crippen LogP contribution in [0.1, 0.15) is 23.0 Å². The number of hydrogen-bond acceptors (Lipinski definition) is 4. The van der Waals surface area contributed by atoms with E-state index in [1.165, 1.54) is 22.7 Å². The molecule has 1 N–H and O–H groups in total. The SMILES string of the molecule is Cc1cc(C(=O)N2C(C)SCC2C(=O)O)cc(Cl)n1. The Kier molecular flexibility index (Phi) is 4.01. The lowest BCUT2D eigenvalue weighted by atomic mass is 10.1. The molecule has 102 valence electrons. The van der Waals surface area contributed by atoms with Crippen LogP contribution in [0.2, 0.25) is 5.15 Å². The van der Waals surface area contributed by atoms with Gasteiger partial charge in [0.05, 0.1) is 5.37 Å². The number of aryl methyl sites for hydroxylation is 1. The molecule has 2 unspecified atom stereocenters. The summed E-state index contributed by atoms with van der Waals surface area (Å²) >= 11 is 7.28. The van der Waals surface area contributed by atoms with Crippen LogP contribution in [-0.4, -0.2) is 44.0 Å². The van der Waals surface area contributed by atoms with Gasteiger partial charge in [0.1, 0.15) is 11.2 Å². The fourth-order valence-electron chi connectivity index (χ4n) is 2.04. The molecular formula is C12H13ClN2O3S. The van der Waals surface area contributed by atoms with Gasteiger partial charge in [0.15, 0.2) is 0 Å². The Morgan fingerprint density at radius 1 is 1.53 bits per heavy atom. The highest BCUT2D eigenvalue weighted by Gasteiger charge is 2.39. The average molecular weight is 301 g/mol. The van der Waals surface area contributed by atoms with Crippen LogP contribution >= 0.6 is 23.4 Å². The number of aliphatic carboxylic acids is 1. The maximum Gasteiger partial charge on any atom is 0.327 e. The molecule has 2 rings (SSSR count). The lowest BCUT2D eigenvalue weighted by Gasteiger charge is -2.25. The Balaban J connectivity index is 2.34. The molecule has 1 amide bonds. The van der Waals surface area contributed by atoms with Gasteiger partial charge >= 0.3 is 5.97 Å². The number of aromatic nitrogens is 1. The molecule has 1 saturated heterocycles. The molecule has 2 heterocycles. The summed E-state index contributed by atoms with van der Waals surface area (Å²) in [6, 6.07) is 2.29. The van der Waals surface area contributed by atoms with Gasteiger partial charge in [-0.05, 0) is 26.0 Å². The van der Waals surface area contributed by atoms with Crippen molar-refractivity contribution in [2.45, 2.75) is 25.3 Å². The highest BCUT2D eigenvalue weighted by molar-refractivity contribution is 8.00. The minimum atomic E-state index is -0.984. The zero-order valence-electron chi connectivity index (χ0n) is 10.5. The van der Waals surface area contributed by atoms with Crippen LogP contribution in [-0.2, 0) is 4.79 Å². The van der Waals surface area contributed by atoms with Crippen molar-refractivity contribution in [2.75, 3.05) is 5.75 Å². The van der Waals surface area contributed by atoms with Gasteiger partial charge in [-0.25, -0.2) is 9.78 Å². The molecule has 0 saturated carbocycles. The monoisotopic (exact) mass is 300 g/mol. The van der Waals surface area contributed by atoms with Crippen molar-refractivity contribution in [1.82, 2.24) is 9.88 Å². The number of carboxylic acids is 1. The van der Waals surface area contributed by atoms with Gasteiger partial charge < -0.3 is 10.0 Å². The summed E-state index contributed by atoms with van der Waals surface area (Å²) in [6.07, 6.45) is 0. The van der Waals surface area contributed by atoms with Crippen LogP contribution in [0, 0.1) is 6.92 Å². The third-order valence-corrected chi connectivity index (χ3v) is 4.32. The molecule has 0 radical (unpaired) electrons. The van der Waals surface area contributed by atoms with Crippen molar-refractivity contribution in [3.05, 3.63) is 28.5 Å². The number of carbonyl (C=O) groups excluding carboxylic acids is 1. The molecule has 0 aliphatic carbocycles. The molecule has 1 aliphatic heterocycles. The minimum Gasteiger partial charge on any atom is -0.480 e. The molecule has 1 aliphatic rings. The number of nitrogens with zero attached hydrogens (tertiary/aromatic N) is 2. The minimum absolute atomic E-state index is 0.166. The van der Waals surface area contributed by atoms with Crippen molar-refractivity contribution < 1.29 is 14.7 Å². The van der Waals surface area contributed by atoms with Gasteiger partial charge in [0.25, 0.3) is 5.91 Å². The second-order valence-corrected chi connectivity index (χ2v) is 6.06. The van der Waals surface area contributed by atoms with Crippen molar-refractivity contribution >= 4 is 35.2 Å². The highest BCUT2D eigenvalue weighted by atomic mass is 35.5. The normalized spacial score (nSPS) is 22.6. The van der Waals surface area contributed by atoms with E-state index in [9.17, 15) is 9.59 Å². The van der Waals surface area contributed by atoms with Crippen LogP contribution in [0.5, 0.6) is 0 Å². The molecule has 19 heavy (non-hydrogen) atoms. The van der Waals surface area contributed by atoms with E-state index in [1.807, 2.05) is 6.92 Å². The molecule has 5 nitrogen and oxygen atoms in total. The van der Waals surface area contributed by atoms with Crippen LogP contribution in [0.15, 0.2) is 12.1 Å². The van der Waals surface area contributed by atoms with E-state index in [0.29, 0.717) is 17.0 Å². The lowest BCUT2D eigenvalue weighted by Crippen LogP contribution is -2.44. The quantitative estimate of drug-likeness (QED) is 0.846. The molecule has 1 aromatic rings. The topological polar surface area (TPSA) is 70.5 Å². The van der Waals surface area contributed by atoms with Gasteiger partial charge in [0, 0.05) is 17.0 Å². The summed E-state index contributed by atoms with van der Waals surface area (Å²) in [5.41, 5.74) is 1.00. The first-order valence-corrected chi connectivity index (χ1v) is 7.14. The average Bonchev–Trinajstić information content (AvgIpc) is 2.69. The lowest BCUT2D eigenvalue weighted by molar-refractivity contribution is -0.141. The van der Waals surface area contributed by atoms with E-state index in [1.54, 1.807) is 13.0 Å². The van der Waals surface area contributed by atoms with Gasteiger partial charge in [-0.3, -0.25) is 4.79 Å². The molecule has 0 spiro atoms. The number of amides is 1. The van der Waals surface area contributed by atoms with Crippen LogP contribution in [0.4, 0.5) is 0 Å². The predicted octanol–water partition coefficient (Wildman–Crippen LogP) is 2.03. The standard InChI is InChI=1S/C12H13ClN2O3S/c1-6-3-8(4-10(13)14-6)11(16)15-7(2)19-5-9(15)12(17)18/h3-4,7,9H,5H2,1-2H3,(H,17,18). The van der Waals surface area contributed by atoms with E-state index in [0.717, 1.165) is 0 Å². The summed E-state index contributed by atoms with van der Waals surface area (Å²) in [7, 11) is 0. The van der Waals surface area contributed by atoms with E-state index in [2.05, 4.69) is 4.98 Å². The van der Waals surface area contributed by atoms with E-state index < -0.39 is 12.0 Å². The Morgan fingerprint density at radius 3 is 2.79 bits per heavy atom. The summed E-state index contributed by atoms with van der Waals surface area (Å²) in [5.74, 6) is -0.903. The first kappa shape index (κ1) is 14.1. The largest absolute Gasteiger partial charge is 0.480 e. The van der Waals surface area contributed by atoms with Gasteiger partial charge in [0.2, 0.25) is 0 Å². The van der Waals surface area contributed by atoms with E-state index in [-0.39, 0.29) is 16.4 Å². The molecule has 1 fully saturated rings. The molecular weight excluding hydrogens is 288 g/mol. The first-order valence-electron chi connectivity index (χ1n) is 5.71. The van der Waals surface area contributed by atoms with Gasteiger partial charge in [-0.1, -0.05) is 11.6 Å². The van der Waals surface area contributed by atoms with E-state index in [4.69, 9.17) is 16.7 Å².